The van der Waals surface area contributed by atoms with Crippen molar-refractivity contribution in [3.8, 4) is 0 Å². The zero-order chi connectivity index (χ0) is 13.7. The second-order valence-corrected chi connectivity index (χ2v) is 7.79. The van der Waals surface area contributed by atoms with Gasteiger partial charge in [0, 0.05) is 23.6 Å². The number of nitrogens with zero attached hydrogens (tertiary/aromatic N) is 1. The van der Waals surface area contributed by atoms with Gasteiger partial charge in [-0.2, -0.15) is 11.8 Å². The van der Waals surface area contributed by atoms with Crippen LogP contribution in [0.15, 0.2) is 24.3 Å². The largest absolute Gasteiger partial charge is 0.330 e. The van der Waals surface area contributed by atoms with E-state index in [-0.39, 0.29) is 0 Å². The average Bonchev–Trinajstić information content (AvgIpc) is 2.54. The smallest absolute Gasteiger partial charge is 0.0234 e. The van der Waals surface area contributed by atoms with Crippen LogP contribution >= 0.6 is 11.8 Å². The molecule has 1 aliphatic heterocycles. The summed E-state index contributed by atoms with van der Waals surface area (Å²) in [6.07, 6.45) is 2.26. The van der Waals surface area contributed by atoms with E-state index < -0.39 is 0 Å². The van der Waals surface area contributed by atoms with Crippen LogP contribution in [-0.4, -0.2) is 35.0 Å². The van der Waals surface area contributed by atoms with Gasteiger partial charge in [-0.15, -0.1) is 0 Å². The van der Waals surface area contributed by atoms with Crippen LogP contribution in [-0.2, 0) is 13.0 Å². The lowest BCUT2D eigenvalue weighted by atomic mass is 10.1. The molecule has 0 saturated carbocycles. The highest BCUT2D eigenvalue weighted by atomic mass is 32.2. The Kier molecular flexibility index (Phi) is 5.31. The molecule has 2 nitrogen and oxygen atoms in total. The SMILES string of the molecule is CC1(C)CCN(Cc2ccc(CCN)cc2)CCS1. The monoisotopic (exact) mass is 278 g/mol. The van der Waals surface area contributed by atoms with Gasteiger partial charge in [-0.05, 0) is 37.1 Å². The first-order valence-electron chi connectivity index (χ1n) is 7.23. The van der Waals surface area contributed by atoms with Gasteiger partial charge in [0.15, 0.2) is 0 Å². The summed E-state index contributed by atoms with van der Waals surface area (Å²) in [7, 11) is 0. The lowest BCUT2D eigenvalue weighted by Crippen LogP contribution is -2.26. The molecule has 19 heavy (non-hydrogen) atoms. The van der Waals surface area contributed by atoms with E-state index in [1.165, 1.54) is 36.4 Å². The number of thioether (sulfide) groups is 1. The van der Waals surface area contributed by atoms with Crippen molar-refractivity contribution in [2.45, 2.75) is 38.0 Å². The maximum atomic E-state index is 5.58. The Labute approximate surface area is 121 Å². The van der Waals surface area contributed by atoms with Gasteiger partial charge in [0.1, 0.15) is 0 Å². The molecule has 0 radical (unpaired) electrons. The van der Waals surface area contributed by atoms with Gasteiger partial charge >= 0.3 is 0 Å². The molecule has 0 spiro atoms. The molecule has 0 aromatic heterocycles. The first-order chi connectivity index (χ1) is 9.09. The van der Waals surface area contributed by atoms with E-state index in [1.54, 1.807) is 0 Å². The molecule has 2 rings (SSSR count). The van der Waals surface area contributed by atoms with Crippen LogP contribution in [0.4, 0.5) is 0 Å². The average molecular weight is 278 g/mol. The van der Waals surface area contributed by atoms with Gasteiger partial charge in [0.05, 0.1) is 0 Å². The maximum Gasteiger partial charge on any atom is 0.0234 e. The van der Waals surface area contributed by atoms with Crippen LogP contribution in [0.25, 0.3) is 0 Å². The third kappa shape index (κ3) is 4.83. The lowest BCUT2D eigenvalue weighted by molar-refractivity contribution is 0.276. The van der Waals surface area contributed by atoms with Crippen LogP contribution in [0.1, 0.15) is 31.4 Å². The number of rotatable bonds is 4. The van der Waals surface area contributed by atoms with E-state index >= 15 is 0 Å². The van der Waals surface area contributed by atoms with Crippen molar-refractivity contribution in [3.05, 3.63) is 35.4 Å². The van der Waals surface area contributed by atoms with E-state index in [0.717, 1.165) is 19.5 Å². The van der Waals surface area contributed by atoms with Crippen LogP contribution in [0, 0.1) is 0 Å². The Morgan fingerprint density at radius 3 is 2.53 bits per heavy atom. The fourth-order valence-electron chi connectivity index (χ4n) is 2.46. The summed E-state index contributed by atoms with van der Waals surface area (Å²) in [6.45, 7) is 8.96. The summed E-state index contributed by atoms with van der Waals surface area (Å²) in [5, 5.41) is 0. The van der Waals surface area contributed by atoms with Gasteiger partial charge in [0.2, 0.25) is 0 Å². The Morgan fingerprint density at radius 1 is 1.16 bits per heavy atom. The van der Waals surface area contributed by atoms with Gasteiger partial charge in [-0.1, -0.05) is 38.1 Å². The molecule has 0 unspecified atom stereocenters. The quantitative estimate of drug-likeness (QED) is 0.918. The fourth-order valence-corrected chi connectivity index (χ4v) is 3.59. The normalized spacial score (nSPS) is 20.2. The highest BCUT2D eigenvalue weighted by Gasteiger charge is 2.23. The zero-order valence-electron chi connectivity index (χ0n) is 12.2. The molecule has 106 valence electrons. The highest BCUT2D eigenvalue weighted by Crippen LogP contribution is 2.31. The summed E-state index contributed by atoms with van der Waals surface area (Å²) in [5.74, 6) is 1.25. The summed E-state index contributed by atoms with van der Waals surface area (Å²) in [4.78, 5) is 2.58. The Morgan fingerprint density at radius 2 is 1.84 bits per heavy atom. The molecule has 1 fully saturated rings. The maximum absolute atomic E-state index is 5.58. The van der Waals surface area contributed by atoms with Crippen molar-refractivity contribution < 1.29 is 0 Å². The van der Waals surface area contributed by atoms with Crippen molar-refractivity contribution >= 4 is 11.8 Å². The highest BCUT2D eigenvalue weighted by molar-refractivity contribution is 8.00. The molecular formula is C16H26N2S. The summed E-state index contributed by atoms with van der Waals surface area (Å²) >= 11 is 2.11. The molecule has 0 atom stereocenters. The first-order valence-corrected chi connectivity index (χ1v) is 8.22. The zero-order valence-corrected chi connectivity index (χ0v) is 13.0. The number of nitrogens with two attached hydrogens (primary N) is 1. The predicted molar refractivity (Wildman–Crippen MR) is 85.6 cm³/mol. The standard InChI is InChI=1S/C16H26N2S/c1-16(2)8-10-18(11-12-19-16)13-15-5-3-14(4-6-15)7-9-17/h3-6H,7-13,17H2,1-2H3. The third-order valence-corrected chi connectivity index (χ3v) is 5.16. The predicted octanol–water partition coefficient (Wildman–Crippen LogP) is 2.91. The van der Waals surface area contributed by atoms with E-state index in [4.69, 9.17) is 5.73 Å². The molecule has 1 aromatic carbocycles. The van der Waals surface area contributed by atoms with Crippen molar-refractivity contribution in [2.24, 2.45) is 5.73 Å². The Hall–Kier alpha value is -0.510. The van der Waals surface area contributed by atoms with Crippen molar-refractivity contribution in [1.29, 1.82) is 0 Å². The second-order valence-electron chi connectivity index (χ2n) is 5.99. The van der Waals surface area contributed by atoms with Crippen LogP contribution in [0.2, 0.25) is 0 Å². The minimum absolute atomic E-state index is 0.444. The minimum atomic E-state index is 0.444. The first kappa shape index (κ1) is 14.9. The Bertz CT molecular complexity index is 386. The van der Waals surface area contributed by atoms with Gasteiger partial charge in [-0.25, -0.2) is 0 Å². The molecule has 1 aliphatic rings. The van der Waals surface area contributed by atoms with Gasteiger partial charge < -0.3 is 5.73 Å². The van der Waals surface area contributed by atoms with Crippen LogP contribution in [0.3, 0.4) is 0 Å². The topological polar surface area (TPSA) is 29.3 Å². The Balaban J connectivity index is 1.90. The minimum Gasteiger partial charge on any atom is -0.330 e. The van der Waals surface area contributed by atoms with E-state index in [0.29, 0.717) is 4.75 Å². The molecule has 2 N–H and O–H groups in total. The molecule has 0 amide bonds. The number of hydrogen-bond donors (Lipinski definition) is 1. The van der Waals surface area contributed by atoms with Gasteiger partial charge in [-0.3, -0.25) is 4.90 Å². The molecule has 1 aromatic rings. The lowest BCUT2D eigenvalue weighted by Gasteiger charge is -2.22. The number of benzene rings is 1. The summed E-state index contributed by atoms with van der Waals surface area (Å²) < 4.78 is 0.444. The molecule has 1 heterocycles. The molecular weight excluding hydrogens is 252 g/mol. The third-order valence-electron chi connectivity index (χ3n) is 3.79. The van der Waals surface area contributed by atoms with Gasteiger partial charge in [0.25, 0.3) is 0 Å². The summed E-state index contributed by atoms with van der Waals surface area (Å²) in [6, 6.07) is 8.96. The van der Waals surface area contributed by atoms with Crippen molar-refractivity contribution in [2.75, 3.05) is 25.4 Å². The van der Waals surface area contributed by atoms with Crippen LogP contribution < -0.4 is 5.73 Å². The van der Waals surface area contributed by atoms with E-state index in [1.807, 2.05) is 0 Å². The second kappa shape index (κ2) is 6.78. The van der Waals surface area contributed by atoms with E-state index in [9.17, 15) is 0 Å². The van der Waals surface area contributed by atoms with Crippen molar-refractivity contribution in [1.82, 2.24) is 4.90 Å². The summed E-state index contributed by atoms with van der Waals surface area (Å²) in [5.41, 5.74) is 8.35. The molecule has 3 heteroatoms. The van der Waals surface area contributed by atoms with Crippen molar-refractivity contribution in [3.63, 3.8) is 0 Å². The molecule has 1 saturated heterocycles. The van der Waals surface area contributed by atoms with E-state index in [2.05, 4.69) is 54.8 Å². The fraction of sp³-hybridized carbons (Fsp3) is 0.625. The molecule has 0 aliphatic carbocycles. The number of hydrogen-bond acceptors (Lipinski definition) is 3. The van der Waals surface area contributed by atoms with Crippen LogP contribution in [0.5, 0.6) is 0 Å². The molecule has 0 bridgehead atoms.